The number of rotatable bonds is 9. The zero-order chi connectivity index (χ0) is 12.6. The van der Waals surface area contributed by atoms with E-state index in [1.807, 2.05) is 27.7 Å². The van der Waals surface area contributed by atoms with Gasteiger partial charge in [-0.15, -0.1) is 0 Å². The van der Waals surface area contributed by atoms with Crippen molar-refractivity contribution in [2.45, 2.75) is 52.2 Å². The minimum atomic E-state index is -0.684. The summed E-state index contributed by atoms with van der Waals surface area (Å²) in [6, 6.07) is 0. The predicted molar refractivity (Wildman–Crippen MR) is 62.1 cm³/mol. The summed E-state index contributed by atoms with van der Waals surface area (Å²) in [7, 11) is 0. The molecular weight excluding hydrogens is 210 g/mol. The Hall–Kier alpha value is -0.200. The summed E-state index contributed by atoms with van der Waals surface area (Å²) in [4.78, 5) is 0. The zero-order valence-corrected chi connectivity index (χ0v) is 10.7. The molecule has 0 heterocycles. The highest BCUT2D eigenvalue weighted by atomic mass is 16.6. The van der Waals surface area contributed by atoms with Crippen LogP contribution in [0.4, 0.5) is 0 Å². The van der Waals surface area contributed by atoms with Gasteiger partial charge in [0.05, 0.1) is 32.0 Å². The van der Waals surface area contributed by atoms with Crippen LogP contribution in [0, 0.1) is 0 Å². The average molecular weight is 235 g/mol. The number of hydrogen-bond donors (Lipinski definition) is 2. The van der Waals surface area contributed by atoms with Crippen LogP contribution >= 0.6 is 0 Å². The minimum absolute atomic E-state index is 0.135. The van der Waals surface area contributed by atoms with Gasteiger partial charge in [0.2, 0.25) is 0 Å². The Kier molecular flexibility index (Phi) is 8.78. The van der Waals surface area contributed by atoms with Crippen molar-refractivity contribution in [2.75, 3.05) is 19.8 Å². The van der Waals surface area contributed by atoms with Crippen molar-refractivity contribution in [2.24, 2.45) is 5.73 Å². The molecule has 0 bridgehead atoms. The van der Waals surface area contributed by atoms with Crippen molar-refractivity contribution in [3.63, 3.8) is 0 Å². The lowest BCUT2D eigenvalue weighted by Crippen LogP contribution is -2.38. The third-order valence-corrected chi connectivity index (χ3v) is 1.78. The number of nitrogens with two attached hydrogens (primary N) is 1. The summed E-state index contributed by atoms with van der Waals surface area (Å²) in [5, 5.41) is 8.81. The molecule has 0 radical (unpaired) electrons. The molecule has 5 heteroatoms. The van der Waals surface area contributed by atoms with Crippen LogP contribution in [0.25, 0.3) is 0 Å². The van der Waals surface area contributed by atoms with Crippen LogP contribution in [0.5, 0.6) is 0 Å². The molecule has 0 aromatic carbocycles. The quantitative estimate of drug-likeness (QED) is 0.569. The number of ether oxygens (including phenoxy) is 3. The Balaban J connectivity index is 3.94. The second-order valence-corrected chi connectivity index (χ2v) is 4.24. The molecule has 0 aromatic heterocycles. The van der Waals surface area contributed by atoms with E-state index in [4.69, 9.17) is 25.1 Å². The highest BCUT2D eigenvalue weighted by molar-refractivity contribution is 4.60. The Morgan fingerprint density at radius 3 is 1.75 bits per heavy atom. The van der Waals surface area contributed by atoms with Gasteiger partial charge in [-0.3, -0.25) is 0 Å². The molecule has 0 aromatic rings. The van der Waals surface area contributed by atoms with E-state index in [-0.39, 0.29) is 24.9 Å². The third kappa shape index (κ3) is 9.06. The molecule has 0 fully saturated rings. The monoisotopic (exact) mass is 235 g/mol. The number of hydrogen-bond acceptors (Lipinski definition) is 5. The predicted octanol–water partition coefficient (Wildman–Crippen LogP) is 0.499. The van der Waals surface area contributed by atoms with Crippen LogP contribution in [0.1, 0.15) is 27.7 Å². The molecule has 1 atom stereocenters. The normalized spacial score (nSPS) is 14.1. The second kappa shape index (κ2) is 8.90. The maximum absolute atomic E-state index is 8.81. The van der Waals surface area contributed by atoms with Crippen LogP contribution in [0.2, 0.25) is 0 Å². The lowest BCUT2D eigenvalue weighted by Gasteiger charge is -2.23. The van der Waals surface area contributed by atoms with Gasteiger partial charge < -0.3 is 25.1 Å². The maximum atomic E-state index is 8.81. The van der Waals surface area contributed by atoms with Crippen molar-refractivity contribution < 1.29 is 19.3 Å². The Bertz CT molecular complexity index is 152. The fraction of sp³-hybridized carbons (Fsp3) is 1.00. The van der Waals surface area contributed by atoms with Gasteiger partial charge in [-0.05, 0) is 27.7 Å². The first-order chi connectivity index (χ1) is 7.45. The lowest BCUT2D eigenvalue weighted by molar-refractivity contribution is -0.115. The summed E-state index contributed by atoms with van der Waals surface area (Å²) >= 11 is 0. The largest absolute Gasteiger partial charge is 0.392 e. The molecule has 98 valence electrons. The van der Waals surface area contributed by atoms with E-state index < -0.39 is 6.23 Å². The van der Waals surface area contributed by atoms with Crippen LogP contribution in [-0.2, 0) is 14.2 Å². The summed E-state index contributed by atoms with van der Waals surface area (Å²) in [5.74, 6) is 0. The van der Waals surface area contributed by atoms with E-state index in [2.05, 4.69) is 0 Å². The van der Waals surface area contributed by atoms with Gasteiger partial charge in [0.1, 0.15) is 12.3 Å². The van der Waals surface area contributed by atoms with E-state index in [0.717, 1.165) is 0 Å². The molecule has 3 N–H and O–H groups in total. The SMILES string of the molecule is CC(C)OCC(COC(C)C)O[C@@H](N)CO. The number of aliphatic hydroxyl groups excluding tert-OH is 1. The average Bonchev–Trinajstić information content (AvgIpc) is 2.21. The van der Waals surface area contributed by atoms with Crippen molar-refractivity contribution >= 4 is 0 Å². The molecule has 0 rings (SSSR count). The van der Waals surface area contributed by atoms with Gasteiger partial charge in [0, 0.05) is 0 Å². The Morgan fingerprint density at radius 2 is 1.44 bits per heavy atom. The fourth-order valence-electron chi connectivity index (χ4n) is 1.02. The zero-order valence-electron chi connectivity index (χ0n) is 10.7. The van der Waals surface area contributed by atoms with Crippen molar-refractivity contribution in [3.05, 3.63) is 0 Å². The minimum Gasteiger partial charge on any atom is -0.392 e. The molecule has 0 aliphatic carbocycles. The van der Waals surface area contributed by atoms with Gasteiger partial charge in [0.25, 0.3) is 0 Å². The van der Waals surface area contributed by atoms with Gasteiger partial charge in [-0.25, -0.2) is 0 Å². The first kappa shape index (κ1) is 15.8. The molecule has 0 saturated carbocycles. The topological polar surface area (TPSA) is 73.9 Å². The smallest absolute Gasteiger partial charge is 0.129 e. The van der Waals surface area contributed by atoms with Crippen LogP contribution in [-0.4, -0.2) is 49.5 Å². The molecule has 0 aliphatic rings. The van der Waals surface area contributed by atoms with Crippen LogP contribution in [0.15, 0.2) is 0 Å². The lowest BCUT2D eigenvalue weighted by atomic mass is 10.3. The van der Waals surface area contributed by atoms with Crippen molar-refractivity contribution in [1.82, 2.24) is 0 Å². The fourth-order valence-corrected chi connectivity index (χ4v) is 1.02. The van der Waals surface area contributed by atoms with Gasteiger partial charge in [-0.1, -0.05) is 0 Å². The first-order valence-electron chi connectivity index (χ1n) is 5.70. The molecule has 5 nitrogen and oxygen atoms in total. The van der Waals surface area contributed by atoms with E-state index in [1.165, 1.54) is 0 Å². The molecular formula is C11H25NO4. The van der Waals surface area contributed by atoms with Crippen molar-refractivity contribution in [3.8, 4) is 0 Å². The Morgan fingerprint density at radius 1 is 1.00 bits per heavy atom. The molecule has 0 aliphatic heterocycles. The highest BCUT2D eigenvalue weighted by Gasteiger charge is 2.15. The Labute approximate surface area is 97.9 Å². The van der Waals surface area contributed by atoms with Gasteiger partial charge >= 0.3 is 0 Å². The molecule has 0 spiro atoms. The summed E-state index contributed by atoms with van der Waals surface area (Å²) in [5.41, 5.74) is 5.50. The molecule has 0 saturated heterocycles. The second-order valence-electron chi connectivity index (χ2n) is 4.24. The van der Waals surface area contributed by atoms with E-state index in [1.54, 1.807) is 0 Å². The van der Waals surface area contributed by atoms with E-state index in [9.17, 15) is 0 Å². The molecule has 0 unspecified atom stereocenters. The summed E-state index contributed by atoms with van der Waals surface area (Å²) < 4.78 is 16.3. The summed E-state index contributed by atoms with van der Waals surface area (Å²) in [6.07, 6.45) is -0.658. The van der Waals surface area contributed by atoms with E-state index in [0.29, 0.717) is 13.2 Å². The summed E-state index contributed by atoms with van der Waals surface area (Å²) in [6.45, 7) is 8.42. The standard InChI is InChI=1S/C11H25NO4/c1-8(2)14-6-10(7-15-9(3)4)16-11(12)5-13/h8-11,13H,5-7,12H2,1-4H3/t11-/m1/s1. The van der Waals surface area contributed by atoms with Crippen LogP contribution < -0.4 is 5.73 Å². The first-order valence-corrected chi connectivity index (χ1v) is 5.70. The van der Waals surface area contributed by atoms with Gasteiger partial charge in [-0.2, -0.15) is 0 Å². The van der Waals surface area contributed by atoms with Crippen molar-refractivity contribution in [1.29, 1.82) is 0 Å². The molecule has 16 heavy (non-hydrogen) atoms. The van der Waals surface area contributed by atoms with Crippen LogP contribution in [0.3, 0.4) is 0 Å². The van der Waals surface area contributed by atoms with Gasteiger partial charge in [0.15, 0.2) is 0 Å². The highest BCUT2D eigenvalue weighted by Crippen LogP contribution is 2.02. The molecule has 0 amide bonds. The number of aliphatic hydroxyl groups is 1. The maximum Gasteiger partial charge on any atom is 0.129 e. The third-order valence-electron chi connectivity index (χ3n) is 1.78. The van der Waals surface area contributed by atoms with E-state index >= 15 is 0 Å².